The molecule has 8 heteroatoms. The van der Waals surface area contributed by atoms with Crippen LogP contribution in [0.5, 0.6) is 5.75 Å². The fourth-order valence-corrected chi connectivity index (χ4v) is 6.54. The van der Waals surface area contributed by atoms with E-state index in [4.69, 9.17) is 4.74 Å². The summed E-state index contributed by atoms with van der Waals surface area (Å²) in [5.41, 5.74) is 2.64. The molecule has 3 heterocycles. The number of nitrogens with one attached hydrogen (secondary N) is 1. The second-order valence-electron chi connectivity index (χ2n) is 11.4. The van der Waals surface area contributed by atoms with Gasteiger partial charge in [0.25, 0.3) is 0 Å². The van der Waals surface area contributed by atoms with E-state index in [1.165, 1.54) is 18.6 Å². The molecule has 6 rings (SSSR count). The summed E-state index contributed by atoms with van der Waals surface area (Å²) in [5.74, 6) is -0.719. The van der Waals surface area contributed by atoms with E-state index < -0.39 is 23.9 Å². The van der Waals surface area contributed by atoms with Crippen molar-refractivity contribution in [2.24, 2.45) is 11.8 Å². The number of aromatic nitrogens is 1. The third kappa shape index (κ3) is 4.71. The topological polar surface area (TPSA) is 51.7 Å². The summed E-state index contributed by atoms with van der Waals surface area (Å²) in [5, 5.41) is 12.4. The molecule has 2 N–H and O–H groups in total. The first-order valence-electron chi connectivity index (χ1n) is 13.9. The van der Waals surface area contributed by atoms with Crippen molar-refractivity contribution >= 4 is 10.9 Å². The van der Waals surface area contributed by atoms with Crippen molar-refractivity contribution in [1.82, 2.24) is 14.8 Å². The Morgan fingerprint density at radius 3 is 2.53 bits per heavy atom. The van der Waals surface area contributed by atoms with Crippen LogP contribution in [-0.4, -0.2) is 65.1 Å². The first kappa shape index (κ1) is 25.7. The molecule has 0 spiro atoms. The van der Waals surface area contributed by atoms with Crippen LogP contribution in [0, 0.1) is 23.5 Å². The summed E-state index contributed by atoms with van der Waals surface area (Å²) < 4.78 is 50.0. The van der Waals surface area contributed by atoms with Gasteiger partial charge in [-0.25, -0.2) is 8.78 Å². The number of alkyl halides is 1. The SMILES string of the molecule is C[C@@H]1Cc2c([nH]c3ccccc23)[C@@H](c2c(F)cc(OCCN3CC(CF)C3)cc2F)N1C(O)CC1CCC1. The molecule has 2 fully saturated rings. The Labute approximate surface area is 221 Å². The van der Waals surface area contributed by atoms with Gasteiger partial charge < -0.3 is 14.8 Å². The van der Waals surface area contributed by atoms with E-state index in [9.17, 15) is 9.50 Å². The zero-order valence-electron chi connectivity index (χ0n) is 21.8. The maximum absolute atomic E-state index is 15.8. The zero-order chi connectivity index (χ0) is 26.4. The van der Waals surface area contributed by atoms with Crippen LogP contribution < -0.4 is 4.74 Å². The zero-order valence-corrected chi connectivity index (χ0v) is 21.8. The van der Waals surface area contributed by atoms with Gasteiger partial charge >= 0.3 is 0 Å². The molecule has 1 saturated heterocycles. The fourth-order valence-electron chi connectivity index (χ4n) is 6.54. The number of benzene rings is 2. The molecule has 1 aromatic heterocycles. The highest BCUT2D eigenvalue weighted by molar-refractivity contribution is 5.85. The van der Waals surface area contributed by atoms with Crippen molar-refractivity contribution in [3.63, 3.8) is 0 Å². The van der Waals surface area contributed by atoms with E-state index in [1.54, 1.807) is 0 Å². The normalized spacial score (nSPS) is 23.7. The van der Waals surface area contributed by atoms with Gasteiger partial charge in [0.1, 0.15) is 30.2 Å². The van der Waals surface area contributed by atoms with E-state index in [-0.39, 0.29) is 36.6 Å². The van der Waals surface area contributed by atoms with Crippen molar-refractivity contribution < 1.29 is 23.0 Å². The number of hydrogen-bond donors (Lipinski definition) is 2. The first-order chi connectivity index (χ1) is 18.4. The number of aromatic amines is 1. The number of para-hydroxylation sites is 1. The quantitative estimate of drug-likeness (QED) is 0.382. The molecule has 3 atom stereocenters. The molecular formula is C30H36F3N3O2. The second-order valence-corrected chi connectivity index (χ2v) is 11.4. The van der Waals surface area contributed by atoms with Crippen LogP contribution in [-0.2, 0) is 6.42 Å². The molecule has 1 aliphatic carbocycles. The third-order valence-corrected chi connectivity index (χ3v) is 8.79. The third-order valence-electron chi connectivity index (χ3n) is 8.79. The Bertz CT molecular complexity index is 1260. The lowest BCUT2D eigenvalue weighted by molar-refractivity contribution is -0.0673. The van der Waals surface area contributed by atoms with Gasteiger partial charge in [0.2, 0.25) is 0 Å². The van der Waals surface area contributed by atoms with Crippen molar-refractivity contribution in [2.75, 3.05) is 32.9 Å². The van der Waals surface area contributed by atoms with Crippen LogP contribution in [0.1, 0.15) is 55.5 Å². The summed E-state index contributed by atoms with van der Waals surface area (Å²) in [6.45, 7) is 3.94. The predicted octanol–water partition coefficient (Wildman–Crippen LogP) is 5.57. The van der Waals surface area contributed by atoms with Crippen LogP contribution in [0.15, 0.2) is 36.4 Å². The van der Waals surface area contributed by atoms with Gasteiger partial charge in [-0.3, -0.25) is 14.2 Å². The first-order valence-corrected chi connectivity index (χ1v) is 13.9. The highest BCUT2D eigenvalue weighted by atomic mass is 19.1. The Morgan fingerprint density at radius 1 is 1.11 bits per heavy atom. The molecule has 0 amide bonds. The summed E-state index contributed by atoms with van der Waals surface area (Å²) in [4.78, 5) is 7.39. The van der Waals surface area contributed by atoms with Crippen LogP contribution >= 0.6 is 0 Å². The Morgan fingerprint density at radius 2 is 1.84 bits per heavy atom. The molecule has 38 heavy (non-hydrogen) atoms. The van der Waals surface area contributed by atoms with E-state index in [2.05, 4.69) is 9.88 Å². The molecule has 1 saturated carbocycles. The monoisotopic (exact) mass is 527 g/mol. The number of H-pyrrole nitrogens is 1. The number of aliphatic hydroxyl groups excluding tert-OH is 1. The van der Waals surface area contributed by atoms with E-state index in [0.717, 1.165) is 35.0 Å². The summed E-state index contributed by atoms with van der Waals surface area (Å²) >= 11 is 0. The lowest BCUT2D eigenvalue weighted by Gasteiger charge is -2.45. The van der Waals surface area contributed by atoms with Gasteiger partial charge in [0, 0.05) is 65.9 Å². The summed E-state index contributed by atoms with van der Waals surface area (Å²) in [6.07, 6.45) is 3.81. The van der Waals surface area contributed by atoms with Crippen molar-refractivity contribution in [3.05, 3.63) is 64.9 Å². The Balaban J connectivity index is 1.31. The number of ether oxygens (including phenoxy) is 1. The van der Waals surface area contributed by atoms with Crippen molar-refractivity contribution in [1.29, 1.82) is 0 Å². The largest absolute Gasteiger partial charge is 0.492 e. The molecule has 2 aromatic carbocycles. The predicted molar refractivity (Wildman–Crippen MR) is 141 cm³/mol. The van der Waals surface area contributed by atoms with Gasteiger partial charge in [-0.05, 0) is 37.3 Å². The molecule has 204 valence electrons. The van der Waals surface area contributed by atoms with Crippen LogP contribution in [0.3, 0.4) is 0 Å². The number of nitrogens with zero attached hydrogens (tertiary/aromatic N) is 2. The average Bonchev–Trinajstić information content (AvgIpc) is 3.20. The lowest BCUT2D eigenvalue weighted by atomic mass is 9.81. The Hall–Kier alpha value is -2.55. The molecule has 0 radical (unpaired) electrons. The number of rotatable bonds is 9. The summed E-state index contributed by atoms with van der Waals surface area (Å²) in [6, 6.07) is 9.52. The lowest BCUT2D eigenvalue weighted by Crippen LogP contribution is -2.50. The fraction of sp³-hybridized carbons (Fsp3) is 0.533. The van der Waals surface area contributed by atoms with Gasteiger partial charge in [-0.1, -0.05) is 37.5 Å². The maximum Gasteiger partial charge on any atom is 0.135 e. The van der Waals surface area contributed by atoms with Gasteiger partial charge in [0.15, 0.2) is 0 Å². The minimum atomic E-state index is -0.806. The number of aliphatic hydroxyl groups is 1. The van der Waals surface area contributed by atoms with Crippen molar-refractivity contribution in [3.8, 4) is 5.75 Å². The molecule has 2 aliphatic heterocycles. The van der Waals surface area contributed by atoms with Gasteiger partial charge in [-0.2, -0.15) is 0 Å². The highest BCUT2D eigenvalue weighted by Crippen LogP contribution is 2.45. The maximum atomic E-state index is 15.8. The van der Waals surface area contributed by atoms with Crippen LogP contribution in [0.4, 0.5) is 13.2 Å². The van der Waals surface area contributed by atoms with Gasteiger partial charge in [0.05, 0.1) is 12.7 Å². The van der Waals surface area contributed by atoms with E-state index in [0.29, 0.717) is 38.4 Å². The highest BCUT2D eigenvalue weighted by Gasteiger charge is 2.42. The number of fused-ring (bicyclic) bond motifs is 3. The molecule has 0 bridgehead atoms. The van der Waals surface area contributed by atoms with E-state index in [1.807, 2.05) is 36.1 Å². The molecule has 1 unspecified atom stereocenters. The molecule has 3 aliphatic rings. The van der Waals surface area contributed by atoms with Gasteiger partial charge in [-0.15, -0.1) is 0 Å². The minimum Gasteiger partial charge on any atom is -0.492 e. The number of halogens is 3. The molecule has 5 nitrogen and oxygen atoms in total. The molecular weight excluding hydrogens is 491 g/mol. The van der Waals surface area contributed by atoms with Crippen molar-refractivity contribution in [2.45, 2.75) is 57.3 Å². The Kier molecular flexibility index (Phi) is 7.14. The average molecular weight is 528 g/mol. The van der Waals surface area contributed by atoms with Crippen LogP contribution in [0.2, 0.25) is 0 Å². The number of hydrogen-bond acceptors (Lipinski definition) is 4. The smallest absolute Gasteiger partial charge is 0.135 e. The standard InChI is InChI=1S/C30H36F3N3O2/c1-18-11-23-22-7-2-3-8-26(22)34-29(23)30(36(18)27(37)12-19-5-4-6-19)28-24(32)13-21(14-25(28)33)38-10-9-35-16-20(15-31)17-35/h2-3,7-8,13-14,18-20,27,30,34,37H,4-6,9-12,15-17H2,1H3/t18-,27?,30-/m1/s1. The van der Waals surface area contributed by atoms with Crippen LogP contribution in [0.25, 0.3) is 10.9 Å². The number of likely N-dealkylation sites (tertiary alicyclic amines) is 1. The summed E-state index contributed by atoms with van der Waals surface area (Å²) in [7, 11) is 0. The molecule has 3 aromatic rings. The second kappa shape index (κ2) is 10.5. The van der Waals surface area contributed by atoms with E-state index >= 15 is 8.78 Å². The minimum absolute atomic E-state index is 0.0714.